The molecule has 0 N–H and O–H groups in total. The van der Waals surface area contributed by atoms with Gasteiger partial charge in [0.25, 0.3) is 0 Å². The van der Waals surface area contributed by atoms with Crippen molar-refractivity contribution in [1.82, 2.24) is 4.90 Å². The summed E-state index contributed by atoms with van der Waals surface area (Å²) in [7, 11) is 1.83. The zero-order valence-corrected chi connectivity index (χ0v) is 17.0. The van der Waals surface area contributed by atoms with E-state index in [9.17, 15) is 9.59 Å². The standard InChI is InChI=1S/C21H31NO5/c1-15(12-16-10-11-17-18(13-16)26-14-25-17)22(5)19(23)8-6-7-9-20(24)27-21(2,3)4/h10-11,13,15H,6-9,12,14H2,1-5H3. The highest BCUT2D eigenvalue weighted by molar-refractivity contribution is 5.76. The number of rotatable bonds is 8. The summed E-state index contributed by atoms with van der Waals surface area (Å²) in [6.07, 6.45) is 2.87. The summed E-state index contributed by atoms with van der Waals surface area (Å²) in [4.78, 5) is 25.9. The molecule has 1 aliphatic heterocycles. The smallest absolute Gasteiger partial charge is 0.306 e. The molecular formula is C21H31NO5. The van der Waals surface area contributed by atoms with Crippen LogP contribution in [0.2, 0.25) is 0 Å². The summed E-state index contributed by atoms with van der Waals surface area (Å²) >= 11 is 0. The summed E-state index contributed by atoms with van der Waals surface area (Å²) < 4.78 is 16.0. The van der Waals surface area contributed by atoms with E-state index in [-0.39, 0.29) is 24.7 Å². The lowest BCUT2D eigenvalue weighted by Gasteiger charge is -2.25. The molecule has 0 fully saturated rings. The summed E-state index contributed by atoms with van der Waals surface area (Å²) in [6, 6.07) is 5.95. The highest BCUT2D eigenvalue weighted by atomic mass is 16.7. The van der Waals surface area contributed by atoms with Crippen LogP contribution in [0.15, 0.2) is 18.2 Å². The fourth-order valence-corrected chi connectivity index (χ4v) is 2.91. The monoisotopic (exact) mass is 377 g/mol. The molecule has 1 aliphatic rings. The predicted molar refractivity (Wildman–Crippen MR) is 103 cm³/mol. The molecule has 6 nitrogen and oxygen atoms in total. The van der Waals surface area contributed by atoms with E-state index in [0.717, 1.165) is 23.5 Å². The van der Waals surface area contributed by atoms with E-state index in [0.29, 0.717) is 25.7 Å². The van der Waals surface area contributed by atoms with Gasteiger partial charge in [-0.15, -0.1) is 0 Å². The summed E-state index contributed by atoms with van der Waals surface area (Å²) in [6.45, 7) is 7.85. The Hall–Kier alpha value is -2.24. The van der Waals surface area contributed by atoms with Crippen LogP contribution in [-0.2, 0) is 20.7 Å². The van der Waals surface area contributed by atoms with E-state index in [1.165, 1.54) is 0 Å². The third kappa shape index (κ3) is 6.77. The Bertz CT molecular complexity index is 665. The number of esters is 1. The number of unbranched alkanes of at least 4 members (excludes halogenated alkanes) is 1. The van der Waals surface area contributed by atoms with Crippen molar-refractivity contribution in [3.63, 3.8) is 0 Å². The van der Waals surface area contributed by atoms with Crippen molar-refractivity contribution >= 4 is 11.9 Å². The average Bonchev–Trinajstić information content (AvgIpc) is 3.04. The first-order valence-corrected chi connectivity index (χ1v) is 9.52. The van der Waals surface area contributed by atoms with Crippen LogP contribution in [0.3, 0.4) is 0 Å². The maximum absolute atomic E-state index is 12.4. The minimum absolute atomic E-state index is 0.0729. The quantitative estimate of drug-likeness (QED) is 0.510. The molecule has 0 spiro atoms. The Morgan fingerprint density at radius 2 is 1.81 bits per heavy atom. The normalized spacial score (nSPS) is 14.0. The van der Waals surface area contributed by atoms with Crippen LogP contribution in [0, 0.1) is 0 Å². The maximum Gasteiger partial charge on any atom is 0.306 e. The molecule has 2 rings (SSSR count). The van der Waals surface area contributed by atoms with Gasteiger partial charge in [-0.2, -0.15) is 0 Å². The zero-order chi connectivity index (χ0) is 20.0. The van der Waals surface area contributed by atoms with Crippen LogP contribution in [0.25, 0.3) is 0 Å². The van der Waals surface area contributed by atoms with Crippen molar-refractivity contribution in [1.29, 1.82) is 0 Å². The first kappa shape index (κ1) is 21.1. The maximum atomic E-state index is 12.4. The van der Waals surface area contributed by atoms with Crippen LogP contribution in [0.5, 0.6) is 11.5 Å². The van der Waals surface area contributed by atoms with E-state index in [1.54, 1.807) is 4.90 Å². The molecule has 1 atom stereocenters. The number of likely N-dealkylation sites (N-methyl/N-ethyl adjacent to an activating group) is 1. The van der Waals surface area contributed by atoms with E-state index >= 15 is 0 Å². The molecule has 1 aromatic rings. The average molecular weight is 377 g/mol. The Morgan fingerprint density at radius 3 is 2.52 bits per heavy atom. The number of hydrogen-bond donors (Lipinski definition) is 0. The number of ether oxygens (including phenoxy) is 3. The van der Waals surface area contributed by atoms with E-state index in [2.05, 4.69) is 0 Å². The van der Waals surface area contributed by atoms with Gasteiger partial charge in [-0.05, 0) is 64.7 Å². The van der Waals surface area contributed by atoms with Gasteiger partial charge in [-0.25, -0.2) is 0 Å². The SMILES string of the molecule is CC(Cc1ccc2c(c1)OCO2)N(C)C(=O)CCCCC(=O)OC(C)(C)C. The van der Waals surface area contributed by atoms with E-state index in [4.69, 9.17) is 14.2 Å². The van der Waals surface area contributed by atoms with Gasteiger partial charge in [-0.3, -0.25) is 9.59 Å². The summed E-state index contributed by atoms with van der Waals surface area (Å²) in [5.41, 5.74) is 0.647. The van der Waals surface area contributed by atoms with Crippen LogP contribution in [0.4, 0.5) is 0 Å². The van der Waals surface area contributed by atoms with E-state index < -0.39 is 5.60 Å². The molecule has 150 valence electrons. The van der Waals surface area contributed by atoms with Gasteiger partial charge in [0, 0.05) is 25.9 Å². The molecule has 0 saturated heterocycles. The Balaban J connectivity index is 1.72. The van der Waals surface area contributed by atoms with Crippen LogP contribution >= 0.6 is 0 Å². The van der Waals surface area contributed by atoms with E-state index in [1.807, 2.05) is 52.9 Å². The number of benzene rings is 1. The van der Waals surface area contributed by atoms with Crippen LogP contribution < -0.4 is 9.47 Å². The molecule has 0 bridgehead atoms. The van der Waals surface area contributed by atoms with Crippen LogP contribution in [0.1, 0.15) is 58.9 Å². The topological polar surface area (TPSA) is 65.1 Å². The van der Waals surface area contributed by atoms with Crippen LogP contribution in [-0.4, -0.2) is 42.3 Å². The first-order chi connectivity index (χ1) is 12.7. The minimum atomic E-state index is -0.461. The van der Waals surface area contributed by atoms with Crippen molar-refractivity contribution in [2.45, 2.75) is 71.4 Å². The van der Waals surface area contributed by atoms with Crippen molar-refractivity contribution in [2.75, 3.05) is 13.8 Å². The molecular weight excluding hydrogens is 346 g/mol. The molecule has 1 amide bonds. The Morgan fingerprint density at radius 1 is 1.15 bits per heavy atom. The Labute approximate surface area is 161 Å². The van der Waals surface area contributed by atoms with Crippen molar-refractivity contribution < 1.29 is 23.8 Å². The molecule has 0 aromatic heterocycles. The molecule has 0 radical (unpaired) electrons. The molecule has 1 unspecified atom stereocenters. The van der Waals surface area contributed by atoms with Crippen molar-refractivity contribution in [2.24, 2.45) is 0 Å². The number of fused-ring (bicyclic) bond motifs is 1. The highest BCUT2D eigenvalue weighted by Gasteiger charge is 2.19. The number of nitrogens with zero attached hydrogens (tertiary/aromatic N) is 1. The molecule has 27 heavy (non-hydrogen) atoms. The molecule has 0 aliphatic carbocycles. The lowest BCUT2D eigenvalue weighted by molar-refractivity contribution is -0.155. The minimum Gasteiger partial charge on any atom is -0.460 e. The molecule has 6 heteroatoms. The zero-order valence-electron chi connectivity index (χ0n) is 17.0. The molecule has 1 aromatic carbocycles. The third-order valence-corrected chi connectivity index (χ3v) is 4.46. The first-order valence-electron chi connectivity index (χ1n) is 9.52. The second-order valence-corrected chi connectivity index (χ2v) is 8.04. The molecule has 0 saturated carbocycles. The summed E-state index contributed by atoms with van der Waals surface area (Å²) in [5, 5.41) is 0. The number of carbonyl (C=O) groups excluding carboxylic acids is 2. The van der Waals surface area contributed by atoms with Gasteiger partial charge >= 0.3 is 5.97 Å². The number of hydrogen-bond acceptors (Lipinski definition) is 5. The molecule has 1 heterocycles. The van der Waals surface area contributed by atoms with Gasteiger partial charge in [0.05, 0.1) is 0 Å². The summed E-state index contributed by atoms with van der Waals surface area (Å²) in [5.74, 6) is 1.41. The fourth-order valence-electron chi connectivity index (χ4n) is 2.91. The second kappa shape index (κ2) is 9.11. The lowest BCUT2D eigenvalue weighted by Crippen LogP contribution is -2.36. The van der Waals surface area contributed by atoms with Gasteiger partial charge in [0.15, 0.2) is 11.5 Å². The largest absolute Gasteiger partial charge is 0.460 e. The fraction of sp³-hybridized carbons (Fsp3) is 0.619. The van der Waals surface area contributed by atoms with Gasteiger partial charge in [0.1, 0.15) is 5.60 Å². The van der Waals surface area contributed by atoms with Crippen molar-refractivity contribution in [3.8, 4) is 11.5 Å². The number of amides is 1. The van der Waals surface area contributed by atoms with Gasteiger partial charge in [0.2, 0.25) is 12.7 Å². The Kier molecular flexibility index (Phi) is 7.11. The van der Waals surface area contributed by atoms with Gasteiger partial charge in [-0.1, -0.05) is 6.07 Å². The second-order valence-electron chi connectivity index (χ2n) is 8.04. The van der Waals surface area contributed by atoms with Gasteiger partial charge < -0.3 is 19.1 Å². The predicted octanol–water partition coefficient (Wildman–Crippen LogP) is 3.71. The lowest BCUT2D eigenvalue weighted by atomic mass is 10.0. The highest BCUT2D eigenvalue weighted by Crippen LogP contribution is 2.33. The third-order valence-electron chi connectivity index (χ3n) is 4.46. The number of carbonyl (C=O) groups is 2. The van der Waals surface area contributed by atoms with Crippen molar-refractivity contribution in [3.05, 3.63) is 23.8 Å².